The lowest BCUT2D eigenvalue weighted by Crippen LogP contribution is -2.52. The van der Waals surface area contributed by atoms with E-state index in [9.17, 15) is 18.0 Å². The summed E-state index contributed by atoms with van der Waals surface area (Å²) in [5, 5.41) is 3.48. The Morgan fingerprint density at radius 2 is 1.69 bits per heavy atom. The number of carbonyl (C=O) groups is 2. The molecule has 0 heterocycles. The van der Waals surface area contributed by atoms with Crippen LogP contribution >= 0.6 is 11.6 Å². The molecule has 1 N–H and O–H groups in total. The molecule has 192 valence electrons. The van der Waals surface area contributed by atoms with E-state index < -0.39 is 28.5 Å². The van der Waals surface area contributed by atoms with Gasteiger partial charge in [0, 0.05) is 18.1 Å². The zero-order chi connectivity index (χ0) is 26.0. The quantitative estimate of drug-likeness (QED) is 0.396. The van der Waals surface area contributed by atoms with Crippen molar-refractivity contribution in [1.29, 1.82) is 0 Å². The number of aryl methyl sites for hydroxylation is 1. The fourth-order valence-corrected chi connectivity index (χ4v) is 4.87. The van der Waals surface area contributed by atoms with Gasteiger partial charge in [0.2, 0.25) is 21.8 Å². The summed E-state index contributed by atoms with van der Waals surface area (Å²) in [4.78, 5) is 28.2. The van der Waals surface area contributed by atoms with E-state index in [4.69, 9.17) is 11.6 Å². The lowest BCUT2D eigenvalue weighted by molar-refractivity contribution is -0.140. The maximum absolute atomic E-state index is 13.7. The maximum Gasteiger partial charge on any atom is 0.244 e. The Hall–Kier alpha value is -2.58. The minimum atomic E-state index is -3.76. The van der Waals surface area contributed by atoms with E-state index in [-0.39, 0.29) is 12.5 Å². The first-order valence-corrected chi connectivity index (χ1v) is 14.2. The summed E-state index contributed by atoms with van der Waals surface area (Å²) in [6.07, 6.45) is 3.86. The van der Waals surface area contributed by atoms with Crippen LogP contribution in [0.5, 0.6) is 0 Å². The second-order valence-corrected chi connectivity index (χ2v) is 10.8. The minimum absolute atomic E-state index is 0.155. The van der Waals surface area contributed by atoms with Crippen molar-refractivity contribution in [2.45, 2.75) is 59.0 Å². The number of rotatable bonds is 13. The number of hydrogen-bond acceptors (Lipinski definition) is 4. The van der Waals surface area contributed by atoms with Gasteiger partial charge in [-0.25, -0.2) is 8.42 Å². The molecule has 0 spiro atoms. The summed E-state index contributed by atoms with van der Waals surface area (Å²) in [7, 11) is -3.76. The number of nitrogens with one attached hydrogen (secondary N) is 1. The van der Waals surface area contributed by atoms with E-state index in [1.54, 1.807) is 36.4 Å². The van der Waals surface area contributed by atoms with Crippen LogP contribution in [0.25, 0.3) is 0 Å². The lowest BCUT2D eigenvalue weighted by atomic mass is 10.1. The number of unbranched alkanes of at least 4 members (excludes halogenated alkanes) is 1. The first-order valence-electron chi connectivity index (χ1n) is 12.0. The van der Waals surface area contributed by atoms with E-state index in [0.29, 0.717) is 30.1 Å². The molecule has 0 aliphatic carbocycles. The summed E-state index contributed by atoms with van der Waals surface area (Å²) in [6.45, 7) is 6.08. The summed E-state index contributed by atoms with van der Waals surface area (Å²) in [6, 6.07) is 13.4. The van der Waals surface area contributed by atoms with E-state index in [1.807, 2.05) is 32.9 Å². The van der Waals surface area contributed by atoms with Crippen LogP contribution in [0.2, 0.25) is 5.02 Å². The van der Waals surface area contributed by atoms with Crippen molar-refractivity contribution in [3.63, 3.8) is 0 Å². The van der Waals surface area contributed by atoms with Gasteiger partial charge in [0.05, 0.1) is 11.9 Å². The lowest BCUT2D eigenvalue weighted by Gasteiger charge is -2.33. The first kappa shape index (κ1) is 28.7. The molecule has 0 saturated heterocycles. The van der Waals surface area contributed by atoms with Crippen molar-refractivity contribution < 1.29 is 18.0 Å². The molecular weight excluding hydrogens is 486 g/mol. The van der Waals surface area contributed by atoms with Crippen LogP contribution in [0.3, 0.4) is 0 Å². The first-order chi connectivity index (χ1) is 16.6. The zero-order valence-corrected chi connectivity index (χ0v) is 22.5. The van der Waals surface area contributed by atoms with Crippen molar-refractivity contribution in [2.75, 3.05) is 23.7 Å². The fraction of sp³-hybridized carbons (Fsp3) is 0.462. The Labute approximate surface area is 214 Å². The highest BCUT2D eigenvalue weighted by Gasteiger charge is 2.32. The zero-order valence-electron chi connectivity index (χ0n) is 21.0. The second kappa shape index (κ2) is 13.5. The summed E-state index contributed by atoms with van der Waals surface area (Å²) in [5.41, 5.74) is 2.08. The van der Waals surface area contributed by atoms with Crippen molar-refractivity contribution in [2.24, 2.45) is 0 Å². The van der Waals surface area contributed by atoms with Crippen LogP contribution < -0.4 is 9.62 Å². The van der Waals surface area contributed by atoms with Gasteiger partial charge in [-0.1, -0.05) is 69.1 Å². The highest BCUT2D eigenvalue weighted by Crippen LogP contribution is 2.24. The maximum atomic E-state index is 13.7. The molecule has 2 rings (SSSR count). The molecule has 2 aromatic carbocycles. The molecule has 2 aromatic rings. The molecule has 0 aliphatic heterocycles. The number of benzene rings is 2. The van der Waals surface area contributed by atoms with Gasteiger partial charge >= 0.3 is 0 Å². The Morgan fingerprint density at radius 1 is 1.03 bits per heavy atom. The monoisotopic (exact) mass is 521 g/mol. The van der Waals surface area contributed by atoms with E-state index in [2.05, 4.69) is 5.32 Å². The van der Waals surface area contributed by atoms with E-state index in [0.717, 1.165) is 34.5 Å². The summed E-state index contributed by atoms with van der Waals surface area (Å²) >= 11 is 6.02. The number of hydrogen-bond donors (Lipinski definition) is 1. The highest BCUT2D eigenvalue weighted by molar-refractivity contribution is 7.92. The number of para-hydroxylation sites is 1. The van der Waals surface area contributed by atoms with Crippen molar-refractivity contribution in [3.05, 3.63) is 64.7 Å². The normalized spacial score (nSPS) is 12.1. The van der Waals surface area contributed by atoms with Gasteiger partial charge < -0.3 is 10.2 Å². The summed E-state index contributed by atoms with van der Waals surface area (Å²) < 4.78 is 26.7. The SMILES string of the molecule is CCCCNC(=O)[C@H](CC)N(Cc1ccc(Cl)cc1)C(=O)CN(c1ccccc1CC)S(C)(=O)=O. The van der Waals surface area contributed by atoms with E-state index in [1.165, 1.54) is 4.90 Å². The number of sulfonamides is 1. The average molecular weight is 522 g/mol. The molecule has 0 bridgehead atoms. The molecule has 0 saturated carbocycles. The molecule has 0 radical (unpaired) electrons. The van der Waals surface area contributed by atoms with Crippen LogP contribution in [0.4, 0.5) is 5.69 Å². The standard InChI is InChI=1S/C26H36ClN3O4S/c1-5-8-17-28-26(32)23(7-3)29(18-20-13-15-22(27)16-14-20)25(31)19-30(35(4,33)34)24-12-10-9-11-21(24)6-2/h9-16,23H,5-8,17-19H2,1-4H3,(H,28,32)/t23-/m0/s1. The molecule has 0 fully saturated rings. The van der Waals surface area contributed by atoms with Crippen LogP contribution in [0.15, 0.2) is 48.5 Å². The number of halogens is 1. The van der Waals surface area contributed by atoms with Gasteiger partial charge in [0.15, 0.2) is 0 Å². The number of anilines is 1. The van der Waals surface area contributed by atoms with Gasteiger partial charge in [-0.15, -0.1) is 0 Å². The van der Waals surface area contributed by atoms with E-state index >= 15 is 0 Å². The highest BCUT2D eigenvalue weighted by atomic mass is 35.5. The Balaban J connectivity index is 2.43. The van der Waals surface area contributed by atoms with Crippen LogP contribution in [-0.4, -0.2) is 50.5 Å². The topological polar surface area (TPSA) is 86.8 Å². The molecule has 0 unspecified atom stereocenters. The fourth-order valence-electron chi connectivity index (χ4n) is 3.86. The molecule has 9 heteroatoms. The molecular formula is C26H36ClN3O4S. The molecule has 7 nitrogen and oxygen atoms in total. The Morgan fingerprint density at radius 3 is 2.26 bits per heavy atom. The Bertz CT molecular complexity index is 1090. The summed E-state index contributed by atoms with van der Waals surface area (Å²) in [5.74, 6) is -0.697. The molecule has 0 aromatic heterocycles. The van der Waals surface area contributed by atoms with Gasteiger partial charge in [-0.2, -0.15) is 0 Å². The van der Waals surface area contributed by atoms with Gasteiger partial charge in [-0.05, 0) is 48.6 Å². The van der Waals surface area contributed by atoms with Gasteiger partial charge in [0.1, 0.15) is 12.6 Å². The number of amides is 2. The predicted octanol–water partition coefficient (Wildman–Crippen LogP) is 4.39. The largest absolute Gasteiger partial charge is 0.354 e. The molecule has 0 aliphatic rings. The molecule has 2 amide bonds. The number of carbonyl (C=O) groups excluding carboxylic acids is 2. The number of nitrogens with zero attached hydrogens (tertiary/aromatic N) is 2. The van der Waals surface area contributed by atoms with Gasteiger partial charge in [-0.3, -0.25) is 13.9 Å². The third-order valence-electron chi connectivity index (χ3n) is 5.80. The Kier molecular flexibility index (Phi) is 11.0. The third kappa shape index (κ3) is 8.25. The second-order valence-electron chi connectivity index (χ2n) is 8.47. The van der Waals surface area contributed by atoms with Crippen molar-refractivity contribution in [1.82, 2.24) is 10.2 Å². The van der Waals surface area contributed by atoms with Crippen molar-refractivity contribution in [3.8, 4) is 0 Å². The predicted molar refractivity (Wildman–Crippen MR) is 142 cm³/mol. The van der Waals surface area contributed by atoms with Crippen LogP contribution in [-0.2, 0) is 32.6 Å². The van der Waals surface area contributed by atoms with Crippen molar-refractivity contribution >= 4 is 39.1 Å². The third-order valence-corrected chi connectivity index (χ3v) is 7.18. The average Bonchev–Trinajstić information content (AvgIpc) is 2.83. The molecule has 35 heavy (non-hydrogen) atoms. The van der Waals surface area contributed by atoms with Crippen LogP contribution in [0.1, 0.15) is 51.2 Å². The smallest absolute Gasteiger partial charge is 0.244 e. The molecule has 1 atom stereocenters. The minimum Gasteiger partial charge on any atom is -0.354 e. The van der Waals surface area contributed by atoms with Gasteiger partial charge in [0.25, 0.3) is 0 Å². The van der Waals surface area contributed by atoms with Crippen LogP contribution in [0, 0.1) is 0 Å².